The topological polar surface area (TPSA) is 35.2 Å². The summed E-state index contributed by atoms with van der Waals surface area (Å²) in [6.45, 7) is 0. The molecule has 1 aliphatic heterocycles. The Morgan fingerprint density at radius 2 is 2.15 bits per heavy atom. The van der Waals surface area contributed by atoms with Gasteiger partial charge in [-0.05, 0) is 55.6 Å². The first-order valence-electron chi connectivity index (χ1n) is 7.93. The molecule has 20 heavy (non-hydrogen) atoms. The van der Waals surface area contributed by atoms with Gasteiger partial charge in [-0.1, -0.05) is 18.6 Å². The van der Waals surface area contributed by atoms with Gasteiger partial charge in [0.25, 0.3) is 0 Å². The predicted octanol–water partition coefficient (Wildman–Crippen LogP) is 3.69. The van der Waals surface area contributed by atoms with Crippen LogP contribution >= 0.6 is 11.8 Å². The second-order valence-electron chi connectivity index (χ2n) is 6.75. The van der Waals surface area contributed by atoms with Gasteiger partial charge in [0.2, 0.25) is 0 Å². The number of thioether (sulfide) groups is 1. The van der Waals surface area contributed by atoms with Crippen LogP contribution in [0.25, 0.3) is 0 Å². The summed E-state index contributed by atoms with van der Waals surface area (Å²) in [6, 6.07) is 8.52. The van der Waals surface area contributed by atoms with E-state index in [2.05, 4.69) is 18.2 Å². The van der Waals surface area contributed by atoms with Crippen LogP contribution in [0.5, 0.6) is 5.75 Å². The minimum Gasteiger partial charge on any atom is -0.487 e. The second-order valence-corrected chi connectivity index (χ2v) is 7.81. The zero-order valence-corrected chi connectivity index (χ0v) is 12.6. The van der Waals surface area contributed by atoms with E-state index in [1.54, 1.807) is 0 Å². The molecule has 2 saturated carbocycles. The molecule has 0 saturated heterocycles. The summed E-state index contributed by atoms with van der Waals surface area (Å²) in [6.07, 6.45) is 7.17. The number of rotatable bonds is 3. The van der Waals surface area contributed by atoms with Crippen molar-refractivity contribution >= 4 is 11.8 Å². The third-order valence-corrected chi connectivity index (χ3v) is 6.61. The summed E-state index contributed by atoms with van der Waals surface area (Å²) < 4.78 is 6.14. The molecule has 2 bridgehead atoms. The van der Waals surface area contributed by atoms with Crippen molar-refractivity contribution in [3.8, 4) is 5.75 Å². The molecule has 108 valence electrons. The van der Waals surface area contributed by atoms with Crippen LogP contribution in [0, 0.1) is 17.8 Å². The largest absolute Gasteiger partial charge is 0.487 e. The third-order valence-electron chi connectivity index (χ3n) is 5.47. The standard InChI is InChI=1S/C17H23NOS/c18-14(9-13-8-11-5-6-12(13)7-11)16-10-20-17-4-2-1-3-15(17)19-16/h1-4,11-14,16H,5-10,18H2. The molecule has 0 aromatic heterocycles. The molecule has 3 aliphatic rings. The Kier molecular flexibility index (Phi) is 3.43. The van der Waals surface area contributed by atoms with Crippen molar-refractivity contribution < 1.29 is 4.74 Å². The van der Waals surface area contributed by atoms with Crippen molar-refractivity contribution in [2.75, 3.05) is 5.75 Å². The highest BCUT2D eigenvalue weighted by atomic mass is 32.2. The van der Waals surface area contributed by atoms with Crippen molar-refractivity contribution in [2.45, 2.75) is 49.1 Å². The fourth-order valence-electron chi connectivity index (χ4n) is 4.41. The minimum atomic E-state index is 0.189. The van der Waals surface area contributed by atoms with Crippen LogP contribution in [0.1, 0.15) is 32.1 Å². The fourth-order valence-corrected chi connectivity index (χ4v) is 5.51. The number of hydrogen-bond donors (Lipinski definition) is 1. The van der Waals surface area contributed by atoms with Gasteiger partial charge in [-0.3, -0.25) is 0 Å². The Morgan fingerprint density at radius 3 is 2.95 bits per heavy atom. The molecule has 1 aromatic rings. The van der Waals surface area contributed by atoms with E-state index in [0.29, 0.717) is 0 Å². The average molecular weight is 289 g/mol. The molecule has 5 unspecified atom stereocenters. The summed E-state index contributed by atoms with van der Waals surface area (Å²) >= 11 is 1.89. The molecule has 2 nitrogen and oxygen atoms in total. The Balaban J connectivity index is 1.39. The summed E-state index contributed by atoms with van der Waals surface area (Å²) in [5.74, 6) is 4.87. The maximum atomic E-state index is 6.48. The molecule has 2 aliphatic carbocycles. The number of hydrogen-bond acceptors (Lipinski definition) is 3. The highest BCUT2D eigenvalue weighted by Crippen LogP contribution is 2.50. The van der Waals surface area contributed by atoms with Gasteiger partial charge in [0.05, 0.1) is 0 Å². The van der Waals surface area contributed by atoms with Crippen LogP contribution in [0.2, 0.25) is 0 Å². The second kappa shape index (κ2) is 5.27. The monoisotopic (exact) mass is 289 g/mol. The van der Waals surface area contributed by atoms with Gasteiger partial charge in [0.1, 0.15) is 11.9 Å². The zero-order chi connectivity index (χ0) is 13.5. The van der Waals surface area contributed by atoms with Crippen molar-refractivity contribution in [1.82, 2.24) is 0 Å². The first-order valence-corrected chi connectivity index (χ1v) is 8.92. The molecular weight excluding hydrogens is 266 g/mol. The number of fused-ring (bicyclic) bond motifs is 3. The van der Waals surface area contributed by atoms with Crippen LogP contribution < -0.4 is 10.5 Å². The van der Waals surface area contributed by atoms with E-state index in [-0.39, 0.29) is 12.1 Å². The fraction of sp³-hybridized carbons (Fsp3) is 0.647. The summed E-state index contributed by atoms with van der Waals surface area (Å²) in [5.41, 5.74) is 6.48. The van der Waals surface area contributed by atoms with Crippen LogP contribution in [-0.4, -0.2) is 17.9 Å². The first kappa shape index (κ1) is 13.0. The van der Waals surface area contributed by atoms with Crippen molar-refractivity contribution in [1.29, 1.82) is 0 Å². The Morgan fingerprint density at radius 1 is 1.25 bits per heavy atom. The maximum absolute atomic E-state index is 6.48. The Hall–Kier alpha value is -0.670. The quantitative estimate of drug-likeness (QED) is 0.921. The Bertz CT molecular complexity index is 492. The first-order chi connectivity index (χ1) is 9.79. The molecule has 0 amide bonds. The van der Waals surface area contributed by atoms with Gasteiger partial charge in [0, 0.05) is 16.7 Å². The lowest BCUT2D eigenvalue weighted by Crippen LogP contribution is -2.43. The molecule has 3 heteroatoms. The lowest BCUT2D eigenvalue weighted by molar-refractivity contribution is 0.158. The maximum Gasteiger partial charge on any atom is 0.133 e. The van der Waals surface area contributed by atoms with E-state index >= 15 is 0 Å². The molecule has 1 heterocycles. The van der Waals surface area contributed by atoms with Crippen LogP contribution in [0.15, 0.2) is 29.2 Å². The minimum absolute atomic E-state index is 0.189. The lowest BCUT2D eigenvalue weighted by atomic mass is 9.83. The van der Waals surface area contributed by atoms with E-state index in [0.717, 1.165) is 35.7 Å². The molecule has 0 radical (unpaired) electrons. The van der Waals surface area contributed by atoms with Crippen LogP contribution in [-0.2, 0) is 0 Å². The zero-order valence-electron chi connectivity index (χ0n) is 11.8. The highest BCUT2D eigenvalue weighted by molar-refractivity contribution is 7.99. The average Bonchev–Trinajstić information content (AvgIpc) is 3.09. The number of benzene rings is 1. The molecule has 5 atom stereocenters. The predicted molar refractivity (Wildman–Crippen MR) is 83.1 cm³/mol. The van der Waals surface area contributed by atoms with Crippen LogP contribution in [0.3, 0.4) is 0 Å². The SMILES string of the molecule is NC(CC1CC2CCC1C2)C1CSc2ccccc2O1. The smallest absolute Gasteiger partial charge is 0.133 e. The Labute approximate surface area is 125 Å². The third kappa shape index (κ3) is 2.35. The van der Waals surface area contributed by atoms with E-state index in [4.69, 9.17) is 10.5 Å². The van der Waals surface area contributed by atoms with Crippen molar-refractivity contribution in [3.63, 3.8) is 0 Å². The van der Waals surface area contributed by atoms with E-state index < -0.39 is 0 Å². The van der Waals surface area contributed by atoms with Gasteiger partial charge >= 0.3 is 0 Å². The molecule has 0 spiro atoms. The van der Waals surface area contributed by atoms with Crippen molar-refractivity contribution in [2.24, 2.45) is 23.5 Å². The van der Waals surface area contributed by atoms with E-state index in [1.165, 1.54) is 30.6 Å². The summed E-state index contributed by atoms with van der Waals surface area (Å²) in [7, 11) is 0. The van der Waals surface area contributed by atoms with Gasteiger partial charge in [0.15, 0.2) is 0 Å². The van der Waals surface area contributed by atoms with Crippen LogP contribution in [0.4, 0.5) is 0 Å². The summed E-state index contributed by atoms with van der Waals surface area (Å²) in [4.78, 5) is 1.26. The van der Waals surface area contributed by atoms with Gasteiger partial charge in [-0.15, -0.1) is 11.8 Å². The summed E-state index contributed by atoms with van der Waals surface area (Å²) in [5, 5.41) is 0. The van der Waals surface area contributed by atoms with Gasteiger partial charge < -0.3 is 10.5 Å². The molecule has 1 aromatic carbocycles. The molecule has 2 fully saturated rings. The molecule has 4 rings (SSSR count). The van der Waals surface area contributed by atoms with E-state index in [1.807, 2.05) is 17.8 Å². The normalized spacial score (nSPS) is 36.5. The number of nitrogens with two attached hydrogens (primary N) is 1. The van der Waals surface area contributed by atoms with Crippen molar-refractivity contribution in [3.05, 3.63) is 24.3 Å². The molecule has 2 N–H and O–H groups in total. The lowest BCUT2D eigenvalue weighted by Gasteiger charge is -2.32. The van der Waals surface area contributed by atoms with Gasteiger partial charge in [-0.2, -0.15) is 0 Å². The molecular formula is C17H23NOS. The number of para-hydroxylation sites is 1. The van der Waals surface area contributed by atoms with Gasteiger partial charge in [-0.25, -0.2) is 0 Å². The van der Waals surface area contributed by atoms with E-state index in [9.17, 15) is 0 Å². The highest BCUT2D eigenvalue weighted by Gasteiger charge is 2.41. The number of ether oxygens (including phenoxy) is 1.